The van der Waals surface area contributed by atoms with Gasteiger partial charge in [-0.25, -0.2) is 9.59 Å². The largest absolute Gasteiger partial charge is 0.483 e. The minimum absolute atomic E-state index is 0.110. The van der Waals surface area contributed by atoms with Crippen LogP contribution in [0, 0.1) is 6.92 Å². The molecular formula is C25H26ClNO6. The molecule has 3 aromatic rings. The highest BCUT2D eigenvalue weighted by molar-refractivity contribution is 6.30. The van der Waals surface area contributed by atoms with Crippen molar-refractivity contribution in [3.8, 4) is 5.75 Å². The van der Waals surface area contributed by atoms with Gasteiger partial charge in [-0.1, -0.05) is 37.1 Å². The monoisotopic (exact) mass is 471 g/mol. The number of unbranched alkanes of at least 4 members (excludes halogenated alkanes) is 1. The topological polar surface area (TPSA) is 106 Å². The molecule has 0 aliphatic heterocycles. The van der Waals surface area contributed by atoms with Crippen LogP contribution in [0.4, 0.5) is 0 Å². The first kappa shape index (κ1) is 24.3. The number of halogens is 1. The van der Waals surface area contributed by atoms with Gasteiger partial charge in [0, 0.05) is 28.5 Å². The third kappa shape index (κ3) is 6.35. The number of aryl methyl sites for hydroxylation is 2. The van der Waals surface area contributed by atoms with E-state index in [-0.39, 0.29) is 13.0 Å². The number of carboxylic acids is 1. The molecule has 2 N–H and O–H groups in total. The Morgan fingerprint density at radius 3 is 2.58 bits per heavy atom. The number of aliphatic carboxylic acids is 1. The molecule has 0 saturated carbocycles. The van der Waals surface area contributed by atoms with Crippen molar-refractivity contribution in [3.63, 3.8) is 0 Å². The number of hydrogen-bond donors (Lipinski definition) is 2. The third-order valence-corrected chi connectivity index (χ3v) is 5.59. The van der Waals surface area contributed by atoms with Crippen LogP contribution in [0.2, 0.25) is 5.02 Å². The van der Waals surface area contributed by atoms with Crippen molar-refractivity contribution in [2.24, 2.45) is 0 Å². The molecule has 8 heteroatoms. The van der Waals surface area contributed by atoms with Gasteiger partial charge >= 0.3 is 11.6 Å². The molecule has 0 bridgehead atoms. The Morgan fingerprint density at radius 1 is 1.18 bits per heavy atom. The van der Waals surface area contributed by atoms with E-state index < -0.39 is 23.5 Å². The summed E-state index contributed by atoms with van der Waals surface area (Å²) in [4.78, 5) is 36.0. The van der Waals surface area contributed by atoms with E-state index in [1.165, 1.54) is 6.07 Å². The Kier molecular flexibility index (Phi) is 8.11. The summed E-state index contributed by atoms with van der Waals surface area (Å²) >= 11 is 5.86. The van der Waals surface area contributed by atoms with Gasteiger partial charge in [0.2, 0.25) is 0 Å². The summed E-state index contributed by atoms with van der Waals surface area (Å²) < 4.78 is 11.0. The van der Waals surface area contributed by atoms with Crippen LogP contribution in [-0.4, -0.2) is 29.6 Å². The molecule has 0 aliphatic carbocycles. The maximum atomic E-state index is 12.4. The fourth-order valence-corrected chi connectivity index (χ4v) is 3.70. The van der Waals surface area contributed by atoms with Crippen LogP contribution in [0.3, 0.4) is 0 Å². The summed E-state index contributed by atoms with van der Waals surface area (Å²) in [7, 11) is 0. The number of carbonyl (C=O) groups is 2. The molecule has 1 atom stereocenters. The number of benzene rings is 2. The lowest BCUT2D eigenvalue weighted by Crippen LogP contribution is -2.44. The Morgan fingerprint density at radius 2 is 1.91 bits per heavy atom. The van der Waals surface area contributed by atoms with Gasteiger partial charge in [0.1, 0.15) is 17.4 Å². The molecule has 1 unspecified atom stereocenters. The van der Waals surface area contributed by atoms with Crippen LogP contribution in [-0.2, 0) is 22.4 Å². The number of nitrogens with one attached hydrogen (secondary N) is 1. The van der Waals surface area contributed by atoms with Crippen molar-refractivity contribution < 1.29 is 23.8 Å². The first-order valence-electron chi connectivity index (χ1n) is 10.7. The fraction of sp³-hybridized carbons (Fsp3) is 0.320. The van der Waals surface area contributed by atoms with Crippen molar-refractivity contribution in [2.75, 3.05) is 6.61 Å². The molecule has 0 spiro atoms. The average Bonchev–Trinajstić information content (AvgIpc) is 2.78. The Hall–Kier alpha value is -3.32. The number of amides is 1. The summed E-state index contributed by atoms with van der Waals surface area (Å²) in [5.74, 6) is -1.34. The zero-order chi connectivity index (χ0) is 24.0. The van der Waals surface area contributed by atoms with E-state index in [9.17, 15) is 19.5 Å². The fourth-order valence-electron chi connectivity index (χ4n) is 3.57. The number of carbonyl (C=O) groups excluding carboxylic acids is 1. The minimum Gasteiger partial charge on any atom is -0.483 e. The second kappa shape index (κ2) is 11.0. The zero-order valence-corrected chi connectivity index (χ0v) is 19.3. The van der Waals surface area contributed by atoms with Crippen LogP contribution >= 0.6 is 11.6 Å². The zero-order valence-electron chi connectivity index (χ0n) is 18.5. The van der Waals surface area contributed by atoms with E-state index in [0.717, 1.165) is 35.8 Å². The first-order valence-corrected chi connectivity index (χ1v) is 11.1. The highest BCUT2D eigenvalue weighted by atomic mass is 35.5. The summed E-state index contributed by atoms with van der Waals surface area (Å²) in [5.41, 5.74) is 2.25. The predicted octanol–water partition coefficient (Wildman–Crippen LogP) is 4.29. The Balaban J connectivity index is 1.70. The SMILES string of the molecule is CCCCc1cc(=O)oc2c(C)c(OCC(=O)NC(Cc3ccc(Cl)cc3)C(=O)O)ccc12. The molecule has 2 aromatic carbocycles. The highest BCUT2D eigenvalue weighted by Gasteiger charge is 2.21. The Bertz CT molecular complexity index is 1200. The maximum absolute atomic E-state index is 12.4. The Labute approximate surface area is 196 Å². The van der Waals surface area contributed by atoms with Crippen LogP contribution in [0.1, 0.15) is 36.5 Å². The van der Waals surface area contributed by atoms with Gasteiger partial charge in [-0.05, 0) is 55.2 Å². The van der Waals surface area contributed by atoms with Gasteiger partial charge in [0.25, 0.3) is 5.91 Å². The van der Waals surface area contributed by atoms with Crippen molar-refractivity contribution in [1.29, 1.82) is 0 Å². The number of hydrogen-bond acceptors (Lipinski definition) is 5. The molecular weight excluding hydrogens is 446 g/mol. The standard InChI is InChI=1S/C25H26ClNO6/c1-3-4-5-17-13-23(29)33-24-15(2)21(11-10-19(17)24)32-14-22(28)27-20(25(30)31)12-16-6-8-18(26)9-7-16/h6-11,13,20H,3-5,12,14H2,1-2H3,(H,27,28)(H,30,31). The first-order chi connectivity index (χ1) is 15.8. The molecule has 7 nitrogen and oxygen atoms in total. The lowest BCUT2D eigenvalue weighted by atomic mass is 10.0. The number of ether oxygens (including phenoxy) is 1. The second-order valence-electron chi connectivity index (χ2n) is 7.84. The molecule has 0 saturated heterocycles. The molecule has 1 amide bonds. The molecule has 1 heterocycles. The van der Waals surface area contributed by atoms with Gasteiger partial charge < -0.3 is 19.6 Å². The van der Waals surface area contributed by atoms with Gasteiger partial charge in [0.15, 0.2) is 6.61 Å². The van der Waals surface area contributed by atoms with Crippen molar-refractivity contribution in [1.82, 2.24) is 5.32 Å². The summed E-state index contributed by atoms with van der Waals surface area (Å²) in [5, 5.41) is 13.3. The number of fused-ring (bicyclic) bond motifs is 1. The molecule has 3 rings (SSSR count). The maximum Gasteiger partial charge on any atom is 0.336 e. The summed E-state index contributed by atoms with van der Waals surface area (Å²) in [6.07, 6.45) is 2.84. The summed E-state index contributed by atoms with van der Waals surface area (Å²) in [6, 6.07) is 10.7. The third-order valence-electron chi connectivity index (χ3n) is 5.34. The molecule has 33 heavy (non-hydrogen) atoms. The van der Waals surface area contributed by atoms with Crippen LogP contribution in [0.15, 0.2) is 51.7 Å². The average molecular weight is 472 g/mol. The van der Waals surface area contributed by atoms with E-state index in [1.807, 2.05) is 6.07 Å². The van der Waals surface area contributed by atoms with Crippen molar-refractivity contribution in [3.05, 3.63) is 74.6 Å². The second-order valence-corrected chi connectivity index (χ2v) is 8.27. The summed E-state index contributed by atoms with van der Waals surface area (Å²) in [6.45, 7) is 3.46. The molecule has 0 aliphatic rings. The lowest BCUT2D eigenvalue weighted by Gasteiger charge is -2.16. The van der Waals surface area contributed by atoms with Crippen molar-refractivity contribution >= 4 is 34.4 Å². The van der Waals surface area contributed by atoms with Gasteiger partial charge in [0.05, 0.1) is 0 Å². The van der Waals surface area contributed by atoms with Crippen LogP contribution in [0.25, 0.3) is 11.0 Å². The predicted molar refractivity (Wildman–Crippen MR) is 126 cm³/mol. The molecule has 0 fully saturated rings. The van der Waals surface area contributed by atoms with Gasteiger partial charge in [-0.2, -0.15) is 0 Å². The van der Waals surface area contributed by atoms with Crippen LogP contribution < -0.4 is 15.7 Å². The molecule has 1 aromatic heterocycles. The number of rotatable bonds is 10. The normalized spacial score (nSPS) is 11.8. The van der Waals surface area contributed by atoms with Crippen LogP contribution in [0.5, 0.6) is 5.75 Å². The minimum atomic E-state index is -1.15. The molecule has 0 radical (unpaired) electrons. The van der Waals surface area contributed by atoms with E-state index in [2.05, 4.69) is 12.2 Å². The van der Waals surface area contributed by atoms with Crippen molar-refractivity contribution in [2.45, 2.75) is 45.6 Å². The van der Waals surface area contributed by atoms with Gasteiger partial charge in [-0.3, -0.25) is 4.79 Å². The highest BCUT2D eigenvalue weighted by Crippen LogP contribution is 2.29. The smallest absolute Gasteiger partial charge is 0.336 e. The quantitative estimate of drug-likeness (QED) is 0.427. The van der Waals surface area contributed by atoms with E-state index in [4.69, 9.17) is 20.8 Å². The molecule has 174 valence electrons. The van der Waals surface area contributed by atoms with E-state index in [0.29, 0.717) is 21.9 Å². The van der Waals surface area contributed by atoms with Gasteiger partial charge in [-0.15, -0.1) is 0 Å². The van der Waals surface area contributed by atoms with E-state index >= 15 is 0 Å². The van der Waals surface area contributed by atoms with E-state index in [1.54, 1.807) is 37.3 Å². The number of carboxylic acid groups (broad SMARTS) is 1. The lowest BCUT2D eigenvalue weighted by molar-refractivity contribution is -0.142.